The zero-order valence-electron chi connectivity index (χ0n) is 3.42. The molecule has 0 amide bonds. The van der Waals surface area contributed by atoms with Gasteiger partial charge in [0.1, 0.15) is 0 Å². The van der Waals surface area contributed by atoms with Crippen molar-refractivity contribution >= 4 is 17.4 Å². The van der Waals surface area contributed by atoms with Crippen molar-refractivity contribution in [2.24, 2.45) is 10.2 Å². The van der Waals surface area contributed by atoms with Gasteiger partial charge in [0, 0.05) is 0 Å². The Morgan fingerprint density at radius 1 is 1.57 bits per heavy atom. The summed E-state index contributed by atoms with van der Waals surface area (Å²) in [5.74, 6) is 0.269. The van der Waals surface area contributed by atoms with Gasteiger partial charge in [-0.1, -0.05) is 5.11 Å². The van der Waals surface area contributed by atoms with Crippen LogP contribution >= 0.6 is 12.2 Å². The minimum atomic E-state index is 0.144. The Morgan fingerprint density at radius 2 is 2.29 bits per heavy atom. The third-order valence-electron chi connectivity index (χ3n) is 0.448. The highest BCUT2D eigenvalue weighted by Gasteiger charge is 2.04. The Balaban J connectivity index is 2.76. The summed E-state index contributed by atoms with van der Waals surface area (Å²) in [6, 6.07) is 0. The van der Waals surface area contributed by atoms with Crippen LogP contribution in [0.1, 0.15) is 0 Å². The third-order valence-corrected chi connectivity index (χ3v) is 0.613. The van der Waals surface area contributed by atoms with Crippen LogP contribution in [0.4, 0.5) is 0 Å². The summed E-state index contributed by atoms with van der Waals surface area (Å²) < 4.78 is 4.56. The van der Waals surface area contributed by atoms with Crippen molar-refractivity contribution in [3.8, 4) is 0 Å². The molecule has 7 heavy (non-hydrogen) atoms. The van der Waals surface area contributed by atoms with Crippen molar-refractivity contribution in [2.45, 2.75) is 0 Å². The van der Waals surface area contributed by atoms with E-state index in [2.05, 4.69) is 33.8 Å². The van der Waals surface area contributed by atoms with E-state index >= 15 is 0 Å². The highest BCUT2D eigenvalue weighted by atomic mass is 32.1. The molecule has 0 fully saturated rings. The fourth-order valence-electron chi connectivity index (χ4n) is 0.238. The molecule has 36 valence electrons. The Bertz CT molecular complexity index is 135. The smallest absolute Gasteiger partial charge is 0.309 e. The largest absolute Gasteiger partial charge is 0.409 e. The normalized spacial score (nSPS) is 17.7. The van der Waals surface area contributed by atoms with Crippen LogP contribution in [-0.4, -0.2) is 5.17 Å². The summed E-state index contributed by atoms with van der Waals surface area (Å²) in [7, 11) is 0. The predicted octanol–water partition coefficient (Wildman–Crippen LogP) is 1.22. The van der Waals surface area contributed by atoms with Crippen LogP contribution in [0.15, 0.2) is 22.7 Å². The molecule has 0 spiro atoms. The molecule has 0 aromatic heterocycles. The third kappa shape index (κ3) is 0.806. The summed E-state index contributed by atoms with van der Waals surface area (Å²) in [6.07, 6.45) is 0. The fraction of sp³-hybridized carbons (Fsp3) is 0. The average molecular weight is 114 g/mol. The lowest BCUT2D eigenvalue weighted by atomic mass is 11.0. The van der Waals surface area contributed by atoms with E-state index in [9.17, 15) is 0 Å². The van der Waals surface area contributed by atoms with E-state index in [1.54, 1.807) is 0 Å². The highest BCUT2D eigenvalue weighted by Crippen LogP contribution is 2.06. The van der Waals surface area contributed by atoms with E-state index in [4.69, 9.17) is 0 Å². The topological polar surface area (TPSA) is 34.0 Å². The van der Waals surface area contributed by atoms with Crippen molar-refractivity contribution < 1.29 is 4.74 Å². The lowest BCUT2D eigenvalue weighted by molar-refractivity contribution is 0.443. The Labute approximate surface area is 45.7 Å². The monoisotopic (exact) mass is 114 g/mol. The van der Waals surface area contributed by atoms with E-state index in [1.807, 2.05) is 0 Å². The van der Waals surface area contributed by atoms with Crippen LogP contribution in [0.5, 0.6) is 0 Å². The molecule has 0 aromatic carbocycles. The number of ether oxygens (including phenoxy) is 1. The first kappa shape index (κ1) is 4.39. The minimum Gasteiger partial charge on any atom is -0.409 e. The molecule has 1 heterocycles. The van der Waals surface area contributed by atoms with Gasteiger partial charge in [-0.3, -0.25) is 0 Å². The first-order valence-electron chi connectivity index (χ1n) is 1.61. The number of hydrogen-bond donors (Lipinski definition) is 0. The second kappa shape index (κ2) is 1.38. The van der Waals surface area contributed by atoms with E-state index in [1.165, 1.54) is 0 Å². The summed E-state index contributed by atoms with van der Waals surface area (Å²) in [4.78, 5) is 0. The van der Waals surface area contributed by atoms with Gasteiger partial charge in [0.05, 0.1) is 0 Å². The second-order valence-corrected chi connectivity index (χ2v) is 1.31. The van der Waals surface area contributed by atoms with Gasteiger partial charge in [-0.15, -0.1) is 5.11 Å². The Kier molecular flexibility index (Phi) is 0.867. The number of azo groups is 1. The summed E-state index contributed by atoms with van der Waals surface area (Å²) in [5.41, 5.74) is 0. The Morgan fingerprint density at radius 3 is 2.43 bits per heavy atom. The molecule has 0 saturated heterocycles. The number of nitrogens with zero attached hydrogens (tertiary/aromatic N) is 2. The van der Waals surface area contributed by atoms with Gasteiger partial charge in [-0.05, 0) is 18.8 Å². The molecule has 1 aliphatic heterocycles. The maximum absolute atomic E-state index is 4.56. The van der Waals surface area contributed by atoms with E-state index in [-0.39, 0.29) is 11.1 Å². The number of rotatable bonds is 0. The van der Waals surface area contributed by atoms with Crippen molar-refractivity contribution in [3.05, 3.63) is 12.5 Å². The van der Waals surface area contributed by atoms with Gasteiger partial charge in [0.2, 0.25) is 5.88 Å². The lowest BCUT2D eigenvalue weighted by Gasteiger charge is -1.83. The first-order chi connectivity index (χ1) is 3.29. The Hall–Kier alpha value is -0.770. The van der Waals surface area contributed by atoms with Gasteiger partial charge >= 0.3 is 5.17 Å². The lowest BCUT2D eigenvalue weighted by Crippen LogP contribution is -1.83. The SMILES string of the molecule is C=C1N=NC(=S)O1. The molecule has 0 radical (unpaired) electrons. The molecule has 1 rings (SSSR count). The van der Waals surface area contributed by atoms with Crippen LogP contribution in [0.25, 0.3) is 0 Å². The zero-order valence-corrected chi connectivity index (χ0v) is 4.23. The van der Waals surface area contributed by atoms with Crippen LogP contribution in [0, 0.1) is 0 Å². The van der Waals surface area contributed by atoms with Crippen molar-refractivity contribution in [3.63, 3.8) is 0 Å². The molecule has 3 nitrogen and oxygen atoms in total. The van der Waals surface area contributed by atoms with Crippen molar-refractivity contribution in [1.82, 2.24) is 0 Å². The van der Waals surface area contributed by atoms with Gasteiger partial charge in [0.25, 0.3) is 0 Å². The fourth-order valence-corrected chi connectivity index (χ4v) is 0.375. The summed E-state index contributed by atoms with van der Waals surface area (Å²) >= 11 is 4.45. The van der Waals surface area contributed by atoms with Crippen LogP contribution in [0.2, 0.25) is 0 Å². The molecule has 1 aliphatic rings. The second-order valence-electron chi connectivity index (χ2n) is 0.962. The van der Waals surface area contributed by atoms with Gasteiger partial charge in [-0.2, -0.15) is 0 Å². The van der Waals surface area contributed by atoms with Crippen LogP contribution in [0.3, 0.4) is 0 Å². The molecule has 0 unspecified atom stereocenters. The molecule has 0 saturated carbocycles. The summed E-state index contributed by atoms with van der Waals surface area (Å²) in [6.45, 7) is 3.33. The molecule has 0 aromatic rings. The van der Waals surface area contributed by atoms with Gasteiger partial charge in [0.15, 0.2) is 0 Å². The molecule has 0 bridgehead atoms. The van der Waals surface area contributed by atoms with Crippen molar-refractivity contribution in [2.75, 3.05) is 0 Å². The molecular formula is C3H2N2OS. The van der Waals surface area contributed by atoms with Crippen LogP contribution < -0.4 is 0 Å². The average Bonchev–Trinajstić information content (AvgIpc) is 1.87. The molecule has 0 aliphatic carbocycles. The zero-order chi connectivity index (χ0) is 5.28. The van der Waals surface area contributed by atoms with E-state index < -0.39 is 0 Å². The van der Waals surface area contributed by atoms with Crippen molar-refractivity contribution in [1.29, 1.82) is 0 Å². The molecule has 0 atom stereocenters. The number of hydrogen-bond acceptors (Lipinski definition) is 3. The van der Waals surface area contributed by atoms with E-state index in [0.717, 1.165) is 0 Å². The number of thiocarbonyl (C=S) groups is 1. The van der Waals surface area contributed by atoms with Crippen LogP contribution in [-0.2, 0) is 4.74 Å². The standard InChI is InChI=1S/C3H2N2OS/c1-2-4-5-3(7)6-2/h1H2. The molecule has 0 N–H and O–H groups in total. The maximum atomic E-state index is 4.56. The van der Waals surface area contributed by atoms with Gasteiger partial charge < -0.3 is 4.74 Å². The maximum Gasteiger partial charge on any atom is 0.309 e. The van der Waals surface area contributed by atoms with Gasteiger partial charge in [-0.25, -0.2) is 0 Å². The predicted molar refractivity (Wildman–Crippen MR) is 27.7 cm³/mol. The summed E-state index contributed by atoms with van der Waals surface area (Å²) in [5, 5.41) is 6.88. The van der Waals surface area contributed by atoms with E-state index in [0.29, 0.717) is 0 Å². The molecular weight excluding hydrogens is 112 g/mol. The molecule has 4 heteroatoms. The minimum absolute atomic E-state index is 0.144. The quantitative estimate of drug-likeness (QED) is 0.444. The first-order valence-corrected chi connectivity index (χ1v) is 2.02. The highest BCUT2D eigenvalue weighted by molar-refractivity contribution is 7.80.